The molecule has 2 atom stereocenters. The fourth-order valence-corrected chi connectivity index (χ4v) is 1.79. The van der Waals surface area contributed by atoms with Crippen molar-refractivity contribution in [1.82, 2.24) is 0 Å². The minimum absolute atomic E-state index is 0.323. The lowest BCUT2D eigenvalue weighted by Gasteiger charge is -2.32. The van der Waals surface area contributed by atoms with Gasteiger partial charge in [-0.3, -0.25) is 4.99 Å². The SMILES string of the molecule is CCOC(=O)C(C)N=CC(C=N)B1OC(C)(C)C(C)(C)O1. The Morgan fingerprint density at radius 2 is 1.86 bits per heavy atom. The fraction of sp³-hybridized carbons (Fsp3) is 0.786. The van der Waals surface area contributed by atoms with Crippen LogP contribution < -0.4 is 0 Å². The Kier molecular flexibility index (Phi) is 5.70. The molecule has 0 aromatic heterocycles. The van der Waals surface area contributed by atoms with E-state index >= 15 is 0 Å². The summed E-state index contributed by atoms with van der Waals surface area (Å²) in [5.41, 5.74) is -0.918. The van der Waals surface area contributed by atoms with Crippen LogP contribution >= 0.6 is 0 Å². The van der Waals surface area contributed by atoms with Crippen LogP contribution in [0.2, 0.25) is 5.82 Å². The maximum Gasteiger partial charge on any atom is 0.472 e. The van der Waals surface area contributed by atoms with Gasteiger partial charge in [0.1, 0.15) is 6.04 Å². The van der Waals surface area contributed by atoms with E-state index in [9.17, 15) is 4.79 Å². The van der Waals surface area contributed by atoms with Gasteiger partial charge in [0.25, 0.3) is 0 Å². The van der Waals surface area contributed by atoms with Gasteiger partial charge >= 0.3 is 13.1 Å². The molecule has 0 aromatic rings. The summed E-state index contributed by atoms with van der Waals surface area (Å²) in [5.74, 6) is -0.825. The number of carbonyl (C=O) groups is 1. The standard InChI is InChI=1S/C14H25BN2O4/c1-7-19-12(18)10(2)17-9-11(8-16)15-20-13(3,4)14(5,6)21-15/h8-11,16H,7H2,1-6H3. The summed E-state index contributed by atoms with van der Waals surface area (Å²) >= 11 is 0. The molecule has 21 heavy (non-hydrogen) atoms. The second-order valence-electron chi connectivity index (χ2n) is 6.09. The first-order valence-corrected chi connectivity index (χ1v) is 7.20. The van der Waals surface area contributed by atoms with E-state index in [0.717, 1.165) is 0 Å². The summed E-state index contributed by atoms with van der Waals surface area (Å²) in [6.07, 6.45) is 2.74. The van der Waals surface area contributed by atoms with E-state index in [-0.39, 0.29) is 5.97 Å². The monoisotopic (exact) mass is 296 g/mol. The Bertz CT molecular complexity index is 407. The molecule has 0 radical (unpaired) electrons. The molecule has 0 amide bonds. The van der Waals surface area contributed by atoms with Crippen LogP contribution in [0.3, 0.4) is 0 Å². The highest BCUT2D eigenvalue weighted by Gasteiger charge is 2.53. The predicted molar refractivity (Wildman–Crippen MR) is 83.2 cm³/mol. The number of hydrogen-bond donors (Lipinski definition) is 1. The van der Waals surface area contributed by atoms with E-state index in [1.165, 1.54) is 12.4 Å². The van der Waals surface area contributed by atoms with Gasteiger partial charge in [-0.15, -0.1) is 0 Å². The highest BCUT2D eigenvalue weighted by molar-refractivity contribution is 6.56. The molecular formula is C14H25BN2O4. The average Bonchev–Trinajstić information content (AvgIpc) is 2.59. The predicted octanol–water partition coefficient (Wildman–Crippen LogP) is 2.12. The maximum atomic E-state index is 11.5. The zero-order valence-electron chi connectivity index (χ0n) is 13.7. The van der Waals surface area contributed by atoms with Gasteiger partial charge in [0.2, 0.25) is 0 Å². The van der Waals surface area contributed by atoms with Crippen molar-refractivity contribution in [2.45, 2.75) is 64.6 Å². The summed E-state index contributed by atoms with van der Waals surface area (Å²) in [7, 11) is -0.578. The lowest BCUT2D eigenvalue weighted by Crippen LogP contribution is -2.41. The van der Waals surface area contributed by atoms with Crippen LogP contribution in [0.25, 0.3) is 0 Å². The number of nitrogens with zero attached hydrogens (tertiary/aromatic N) is 1. The molecule has 6 nitrogen and oxygen atoms in total. The Morgan fingerprint density at radius 1 is 1.33 bits per heavy atom. The number of hydrogen-bond acceptors (Lipinski definition) is 6. The van der Waals surface area contributed by atoms with Crippen molar-refractivity contribution >= 4 is 25.5 Å². The topological polar surface area (TPSA) is 81.0 Å². The zero-order valence-corrected chi connectivity index (χ0v) is 13.7. The molecule has 2 unspecified atom stereocenters. The van der Waals surface area contributed by atoms with Gasteiger partial charge in [-0.2, -0.15) is 0 Å². The molecule has 0 aliphatic carbocycles. The lowest BCUT2D eigenvalue weighted by molar-refractivity contribution is -0.144. The van der Waals surface area contributed by atoms with Crippen molar-refractivity contribution in [2.75, 3.05) is 6.61 Å². The molecule has 1 heterocycles. The molecule has 1 rings (SSSR count). The van der Waals surface area contributed by atoms with Crippen LogP contribution in [0.5, 0.6) is 0 Å². The zero-order chi connectivity index (χ0) is 16.3. The van der Waals surface area contributed by atoms with Crippen molar-refractivity contribution in [3.63, 3.8) is 0 Å². The van der Waals surface area contributed by atoms with Crippen LogP contribution in [-0.4, -0.2) is 49.4 Å². The molecule has 7 heteroatoms. The molecule has 118 valence electrons. The van der Waals surface area contributed by atoms with Crippen LogP contribution in [0.4, 0.5) is 0 Å². The Hall–Kier alpha value is -1.21. The normalized spacial score (nSPS) is 23.0. The minimum atomic E-state index is -0.602. The molecule has 1 aliphatic rings. The van der Waals surface area contributed by atoms with Crippen LogP contribution in [-0.2, 0) is 18.8 Å². The summed E-state index contributed by atoms with van der Waals surface area (Å²) in [6, 6.07) is -0.602. The first kappa shape index (κ1) is 17.8. The first-order chi connectivity index (χ1) is 9.64. The maximum absolute atomic E-state index is 11.5. The van der Waals surface area contributed by atoms with Gasteiger partial charge < -0.3 is 19.5 Å². The molecule has 1 fully saturated rings. The Labute approximate surface area is 126 Å². The van der Waals surface area contributed by atoms with Gasteiger partial charge in [-0.05, 0) is 41.5 Å². The van der Waals surface area contributed by atoms with Crippen LogP contribution in [0.15, 0.2) is 4.99 Å². The number of carbonyl (C=O) groups excluding carboxylic acids is 1. The average molecular weight is 296 g/mol. The Balaban J connectivity index is 2.73. The number of esters is 1. The third kappa shape index (κ3) is 4.14. The fourth-order valence-electron chi connectivity index (χ4n) is 1.79. The molecule has 0 bridgehead atoms. The molecule has 0 saturated carbocycles. The third-order valence-corrected chi connectivity index (χ3v) is 3.89. The highest BCUT2D eigenvalue weighted by atomic mass is 16.7. The van der Waals surface area contributed by atoms with Crippen molar-refractivity contribution < 1.29 is 18.8 Å². The Morgan fingerprint density at radius 3 is 2.29 bits per heavy atom. The van der Waals surface area contributed by atoms with E-state index in [1.54, 1.807) is 13.8 Å². The minimum Gasteiger partial charge on any atom is -0.464 e. The smallest absolute Gasteiger partial charge is 0.464 e. The third-order valence-electron chi connectivity index (χ3n) is 3.89. The van der Waals surface area contributed by atoms with Crippen LogP contribution in [0.1, 0.15) is 41.5 Å². The second kappa shape index (κ2) is 6.70. The quantitative estimate of drug-likeness (QED) is 0.462. The molecule has 1 saturated heterocycles. The summed E-state index contributed by atoms with van der Waals surface area (Å²) < 4.78 is 16.6. The van der Waals surface area contributed by atoms with Gasteiger partial charge in [0, 0.05) is 12.4 Å². The summed E-state index contributed by atoms with van der Waals surface area (Å²) in [5, 5.41) is 7.52. The number of nitrogens with one attached hydrogen (secondary N) is 1. The van der Waals surface area contributed by atoms with Crippen molar-refractivity contribution in [1.29, 1.82) is 5.41 Å². The molecule has 1 aliphatic heterocycles. The van der Waals surface area contributed by atoms with E-state index in [4.69, 9.17) is 19.5 Å². The molecule has 0 spiro atoms. The number of ether oxygens (including phenoxy) is 1. The van der Waals surface area contributed by atoms with E-state index in [0.29, 0.717) is 6.61 Å². The van der Waals surface area contributed by atoms with Crippen molar-refractivity contribution in [2.24, 2.45) is 4.99 Å². The number of aliphatic imine (C=N–C) groups is 1. The van der Waals surface area contributed by atoms with Crippen molar-refractivity contribution in [3.05, 3.63) is 0 Å². The second-order valence-corrected chi connectivity index (χ2v) is 6.09. The molecule has 1 N–H and O–H groups in total. The number of rotatable bonds is 6. The summed E-state index contributed by atoms with van der Waals surface area (Å²) in [4.78, 5) is 15.7. The van der Waals surface area contributed by atoms with Crippen LogP contribution in [0, 0.1) is 5.41 Å². The van der Waals surface area contributed by atoms with E-state index in [1.807, 2.05) is 27.7 Å². The first-order valence-electron chi connectivity index (χ1n) is 7.20. The molecular weight excluding hydrogens is 271 g/mol. The largest absolute Gasteiger partial charge is 0.472 e. The van der Waals surface area contributed by atoms with Gasteiger partial charge in [0.15, 0.2) is 0 Å². The van der Waals surface area contributed by atoms with Gasteiger partial charge in [-0.1, -0.05) is 0 Å². The van der Waals surface area contributed by atoms with E-state index in [2.05, 4.69) is 4.99 Å². The lowest BCUT2D eigenvalue weighted by atomic mass is 9.73. The van der Waals surface area contributed by atoms with Crippen molar-refractivity contribution in [3.8, 4) is 0 Å². The van der Waals surface area contributed by atoms with Gasteiger partial charge in [0.05, 0.1) is 23.6 Å². The van der Waals surface area contributed by atoms with E-state index < -0.39 is 30.2 Å². The molecule has 0 aromatic carbocycles. The summed E-state index contributed by atoms with van der Waals surface area (Å²) in [6.45, 7) is 11.5. The van der Waals surface area contributed by atoms with Gasteiger partial charge in [-0.25, -0.2) is 4.79 Å². The highest BCUT2D eigenvalue weighted by Crippen LogP contribution is 2.39.